The number of amides is 2. The number of thiazole rings is 1. The Kier molecular flexibility index (Phi) is 6.12. The number of urea groups is 1. The molecule has 5 nitrogen and oxygen atoms in total. The molecule has 0 saturated heterocycles. The number of carbonyl (C=O) groups excluding carboxylic acids is 1. The van der Waals surface area contributed by atoms with Crippen molar-refractivity contribution in [2.24, 2.45) is 0 Å². The molecular weight excluding hydrogens is 310 g/mol. The van der Waals surface area contributed by atoms with Crippen LogP contribution in [0.4, 0.5) is 4.79 Å². The lowest BCUT2D eigenvalue weighted by Crippen LogP contribution is -2.38. The summed E-state index contributed by atoms with van der Waals surface area (Å²) in [6.45, 7) is 6.06. The second-order valence-corrected chi connectivity index (χ2v) is 6.62. The van der Waals surface area contributed by atoms with Gasteiger partial charge in [-0.3, -0.25) is 0 Å². The van der Waals surface area contributed by atoms with E-state index < -0.39 is 6.10 Å². The summed E-state index contributed by atoms with van der Waals surface area (Å²) in [5.74, 6) is 0. The molecule has 2 rings (SSSR count). The second-order valence-electron chi connectivity index (χ2n) is 5.59. The van der Waals surface area contributed by atoms with Gasteiger partial charge in [-0.1, -0.05) is 30.3 Å². The number of rotatable bonds is 6. The van der Waals surface area contributed by atoms with Gasteiger partial charge in [0.15, 0.2) is 0 Å². The number of carbonyl (C=O) groups is 1. The molecule has 1 aromatic heterocycles. The first-order valence-corrected chi connectivity index (χ1v) is 8.54. The fourth-order valence-corrected chi connectivity index (χ4v) is 3.30. The van der Waals surface area contributed by atoms with Gasteiger partial charge in [0.2, 0.25) is 0 Å². The normalized spacial score (nSPS) is 13.4. The molecule has 2 unspecified atom stereocenters. The molecule has 1 heterocycles. The van der Waals surface area contributed by atoms with Gasteiger partial charge in [0.25, 0.3) is 0 Å². The molecule has 2 amide bonds. The van der Waals surface area contributed by atoms with Crippen molar-refractivity contribution in [3.8, 4) is 10.6 Å². The number of aliphatic hydroxyl groups excluding tert-OH is 1. The molecule has 0 aliphatic heterocycles. The topological polar surface area (TPSA) is 74.2 Å². The summed E-state index contributed by atoms with van der Waals surface area (Å²) < 4.78 is 0. The zero-order valence-corrected chi connectivity index (χ0v) is 14.5. The van der Waals surface area contributed by atoms with Crippen molar-refractivity contribution in [1.82, 2.24) is 15.6 Å². The average Bonchev–Trinajstić information content (AvgIpc) is 2.90. The molecule has 23 heavy (non-hydrogen) atoms. The highest BCUT2D eigenvalue weighted by molar-refractivity contribution is 7.15. The van der Waals surface area contributed by atoms with Crippen LogP contribution in [0.25, 0.3) is 10.6 Å². The summed E-state index contributed by atoms with van der Waals surface area (Å²) in [7, 11) is 0. The summed E-state index contributed by atoms with van der Waals surface area (Å²) in [6, 6.07) is 9.67. The Morgan fingerprint density at radius 1 is 1.30 bits per heavy atom. The lowest BCUT2D eigenvalue weighted by atomic mass is 10.2. The largest absolute Gasteiger partial charge is 0.393 e. The first-order chi connectivity index (χ1) is 11.0. The van der Waals surface area contributed by atoms with Crippen molar-refractivity contribution in [2.45, 2.75) is 39.3 Å². The Labute approximate surface area is 140 Å². The Balaban J connectivity index is 1.98. The van der Waals surface area contributed by atoms with Gasteiger partial charge in [0.05, 0.1) is 22.7 Å². The van der Waals surface area contributed by atoms with Gasteiger partial charge in [-0.05, 0) is 27.2 Å². The first-order valence-electron chi connectivity index (χ1n) is 7.72. The van der Waals surface area contributed by atoms with Gasteiger partial charge in [0, 0.05) is 12.1 Å². The predicted molar refractivity (Wildman–Crippen MR) is 93.5 cm³/mol. The van der Waals surface area contributed by atoms with Crippen LogP contribution in [-0.4, -0.2) is 28.8 Å². The third-order valence-electron chi connectivity index (χ3n) is 3.44. The number of aromatic nitrogens is 1. The van der Waals surface area contributed by atoms with Crippen LogP contribution >= 0.6 is 11.3 Å². The number of nitrogens with zero attached hydrogens (tertiary/aromatic N) is 1. The van der Waals surface area contributed by atoms with Crippen molar-refractivity contribution < 1.29 is 9.90 Å². The van der Waals surface area contributed by atoms with Crippen LogP contribution in [0.15, 0.2) is 30.3 Å². The smallest absolute Gasteiger partial charge is 0.315 e. The maximum Gasteiger partial charge on any atom is 0.315 e. The van der Waals surface area contributed by atoms with Crippen molar-refractivity contribution in [3.63, 3.8) is 0 Å². The van der Waals surface area contributed by atoms with Gasteiger partial charge >= 0.3 is 6.03 Å². The zero-order chi connectivity index (χ0) is 16.8. The van der Waals surface area contributed by atoms with Crippen molar-refractivity contribution in [3.05, 3.63) is 40.9 Å². The van der Waals surface area contributed by atoms with Crippen LogP contribution in [0.1, 0.15) is 36.9 Å². The lowest BCUT2D eigenvalue weighted by Gasteiger charge is -2.14. The Bertz CT molecular complexity index is 641. The maximum absolute atomic E-state index is 11.9. The van der Waals surface area contributed by atoms with Gasteiger partial charge in [-0.25, -0.2) is 9.78 Å². The predicted octanol–water partition coefficient (Wildman–Crippen LogP) is 3.25. The first kappa shape index (κ1) is 17.4. The molecule has 0 aliphatic rings. The highest BCUT2D eigenvalue weighted by Crippen LogP contribution is 2.31. The van der Waals surface area contributed by atoms with E-state index in [9.17, 15) is 9.90 Å². The summed E-state index contributed by atoms with van der Waals surface area (Å²) in [6.07, 6.45) is 0.129. The van der Waals surface area contributed by atoms with E-state index in [-0.39, 0.29) is 12.1 Å². The standard InChI is InChI=1S/C17H23N3O2S/c1-11(21)9-10-18-17(22)20-13(3)15-12(2)19-16(23-15)14-7-5-4-6-8-14/h4-8,11,13,21H,9-10H2,1-3H3,(H2,18,20,22). The minimum atomic E-state index is -0.412. The van der Waals surface area contributed by atoms with E-state index in [1.165, 1.54) is 0 Å². The van der Waals surface area contributed by atoms with Gasteiger partial charge in [0.1, 0.15) is 5.01 Å². The molecule has 124 valence electrons. The van der Waals surface area contributed by atoms with Gasteiger partial charge < -0.3 is 15.7 Å². The molecule has 0 bridgehead atoms. The highest BCUT2D eigenvalue weighted by atomic mass is 32.1. The number of aliphatic hydroxyl groups is 1. The Hall–Kier alpha value is -1.92. The van der Waals surface area contributed by atoms with Crippen molar-refractivity contribution in [1.29, 1.82) is 0 Å². The van der Waals surface area contributed by atoms with Crippen LogP contribution in [0.5, 0.6) is 0 Å². The number of aryl methyl sites for hydroxylation is 1. The quantitative estimate of drug-likeness (QED) is 0.759. The Morgan fingerprint density at radius 3 is 2.65 bits per heavy atom. The minimum Gasteiger partial charge on any atom is -0.393 e. The molecule has 6 heteroatoms. The van der Waals surface area contributed by atoms with E-state index in [0.717, 1.165) is 21.1 Å². The molecule has 3 N–H and O–H groups in total. The molecule has 2 atom stereocenters. The summed E-state index contributed by atoms with van der Waals surface area (Å²) in [4.78, 5) is 17.5. The monoisotopic (exact) mass is 333 g/mol. The highest BCUT2D eigenvalue weighted by Gasteiger charge is 2.17. The molecule has 0 fully saturated rings. The van der Waals surface area contributed by atoms with E-state index in [4.69, 9.17) is 0 Å². The third kappa shape index (κ3) is 5.04. The van der Waals surface area contributed by atoms with Crippen molar-refractivity contribution in [2.75, 3.05) is 6.54 Å². The minimum absolute atomic E-state index is 0.114. The maximum atomic E-state index is 11.9. The number of nitrogens with one attached hydrogen (secondary N) is 2. The van der Waals surface area contributed by atoms with Crippen molar-refractivity contribution >= 4 is 17.4 Å². The van der Waals surface area contributed by atoms with E-state index >= 15 is 0 Å². The summed E-state index contributed by atoms with van der Waals surface area (Å²) >= 11 is 1.60. The zero-order valence-electron chi connectivity index (χ0n) is 13.7. The Morgan fingerprint density at radius 2 is 2.00 bits per heavy atom. The van der Waals surface area contributed by atoms with Crippen LogP contribution in [0, 0.1) is 6.92 Å². The molecule has 0 radical (unpaired) electrons. The molecule has 0 spiro atoms. The molecule has 0 saturated carbocycles. The van der Waals surface area contributed by atoms with E-state index in [2.05, 4.69) is 15.6 Å². The second kappa shape index (κ2) is 8.08. The van der Waals surface area contributed by atoms with Crippen LogP contribution in [-0.2, 0) is 0 Å². The van der Waals surface area contributed by atoms with E-state index in [1.54, 1.807) is 18.3 Å². The third-order valence-corrected chi connectivity index (χ3v) is 4.83. The van der Waals surface area contributed by atoms with E-state index in [1.807, 2.05) is 44.2 Å². The van der Waals surface area contributed by atoms with Crippen LogP contribution in [0.3, 0.4) is 0 Å². The fraction of sp³-hybridized carbons (Fsp3) is 0.412. The number of benzene rings is 1. The molecule has 2 aromatic rings. The molecular formula is C17H23N3O2S. The van der Waals surface area contributed by atoms with Crippen LogP contribution in [0.2, 0.25) is 0 Å². The molecule has 0 aliphatic carbocycles. The fourth-order valence-electron chi connectivity index (χ4n) is 2.22. The lowest BCUT2D eigenvalue weighted by molar-refractivity contribution is 0.183. The summed E-state index contributed by atoms with van der Waals surface area (Å²) in [5.41, 5.74) is 2.02. The van der Waals surface area contributed by atoms with Gasteiger partial charge in [-0.15, -0.1) is 11.3 Å². The number of hydrogen-bond donors (Lipinski definition) is 3. The molecule has 1 aromatic carbocycles. The van der Waals surface area contributed by atoms with E-state index in [0.29, 0.717) is 13.0 Å². The average molecular weight is 333 g/mol. The number of hydrogen-bond acceptors (Lipinski definition) is 4. The van der Waals surface area contributed by atoms with Gasteiger partial charge in [-0.2, -0.15) is 0 Å². The summed E-state index contributed by atoms with van der Waals surface area (Å²) in [5, 5.41) is 15.8. The SMILES string of the molecule is Cc1nc(-c2ccccc2)sc1C(C)NC(=O)NCCC(C)O. The van der Waals surface area contributed by atoms with Crippen LogP contribution < -0.4 is 10.6 Å².